The molecule has 1 aliphatic heterocycles. The summed E-state index contributed by atoms with van der Waals surface area (Å²) in [6.07, 6.45) is 49.3. The molecule has 1 fully saturated rings. The van der Waals surface area contributed by atoms with Gasteiger partial charge in [-0.2, -0.15) is 0 Å². The van der Waals surface area contributed by atoms with Gasteiger partial charge in [-0.05, 0) is 83.5 Å². The Morgan fingerprint density at radius 1 is 0.440 bits per heavy atom. The molecule has 12 heteroatoms. The van der Waals surface area contributed by atoms with E-state index in [0.29, 0.717) is 19.3 Å². The number of carbonyl (C=O) groups excluding carboxylic acids is 3. The highest BCUT2D eigenvalue weighted by Gasteiger charge is 2.50. The number of aliphatic carboxylic acids is 1. The molecule has 12 nitrogen and oxygen atoms in total. The van der Waals surface area contributed by atoms with Crippen LogP contribution in [0.15, 0.2) is 48.6 Å². The summed E-state index contributed by atoms with van der Waals surface area (Å²) < 4.78 is 28.4. The average molecular weight is 1060 g/mol. The van der Waals surface area contributed by atoms with Crippen LogP contribution < -0.4 is 0 Å². The Labute approximate surface area is 456 Å². The van der Waals surface area contributed by atoms with Crippen LogP contribution in [0.25, 0.3) is 0 Å². The van der Waals surface area contributed by atoms with Gasteiger partial charge in [0.2, 0.25) is 0 Å². The monoisotopic (exact) mass is 1060 g/mol. The molecule has 3 N–H and O–H groups in total. The minimum Gasteiger partial charge on any atom is -0.479 e. The van der Waals surface area contributed by atoms with E-state index >= 15 is 0 Å². The van der Waals surface area contributed by atoms with E-state index in [1.54, 1.807) is 0 Å². The van der Waals surface area contributed by atoms with Gasteiger partial charge in [-0.1, -0.05) is 223 Å². The molecule has 1 heterocycles. The van der Waals surface area contributed by atoms with Crippen LogP contribution in [0.2, 0.25) is 0 Å². The van der Waals surface area contributed by atoms with Gasteiger partial charge in [0, 0.05) is 19.3 Å². The second kappa shape index (κ2) is 51.4. The van der Waals surface area contributed by atoms with E-state index in [-0.39, 0.29) is 25.9 Å². The van der Waals surface area contributed by atoms with Crippen LogP contribution in [0.5, 0.6) is 0 Å². The van der Waals surface area contributed by atoms with E-state index in [2.05, 4.69) is 69.4 Å². The third-order valence-corrected chi connectivity index (χ3v) is 13.9. The van der Waals surface area contributed by atoms with Gasteiger partial charge in [-0.3, -0.25) is 14.4 Å². The fraction of sp³-hybridized carbons (Fsp3) is 0.810. The van der Waals surface area contributed by atoms with Crippen LogP contribution in [0.1, 0.15) is 278 Å². The van der Waals surface area contributed by atoms with E-state index in [1.807, 2.05) is 0 Å². The quantitative estimate of drug-likeness (QED) is 0.0228. The van der Waals surface area contributed by atoms with Crippen molar-refractivity contribution in [3.8, 4) is 0 Å². The van der Waals surface area contributed by atoms with Crippen molar-refractivity contribution in [1.82, 2.24) is 0 Å². The number of hydrogen-bond donors (Lipinski definition) is 3. The smallest absolute Gasteiger partial charge is 0.335 e. The van der Waals surface area contributed by atoms with Gasteiger partial charge >= 0.3 is 23.9 Å². The van der Waals surface area contributed by atoms with Crippen molar-refractivity contribution in [2.24, 2.45) is 0 Å². The summed E-state index contributed by atoms with van der Waals surface area (Å²) >= 11 is 0. The standard InChI is InChI=1S/C63H110O12/c1-4-7-10-13-16-19-22-24-26-27-28-29-31-33-36-39-42-45-48-51-57(66)74-61-59(68)58(67)60(62(69)70)75-63(61)72-53-54(73-56(65)50-47-44-41-38-34-21-18-15-12-9-6-3)52-71-55(64)49-46-43-40-37-35-32-30-25-23-20-17-14-11-8-5-2/h16-17,19-20,24-26,30,54,58-61,63,67-68H,4-15,18,21-23,27-29,31-53H2,1-3H3,(H,69,70)/b19-16-,20-17-,26-24-,30-25-. The first-order valence-corrected chi connectivity index (χ1v) is 30.6. The van der Waals surface area contributed by atoms with Crippen LogP contribution in [-0.4, -0.2) is 89.2 Å². The highest BCUT2D eigenvalue weighted by atomic mass is 16.7. The number of esters is 3. The predicted molar refractivity (Wildman–Crippen MR) is 303 cm³/mol. The number of aliphatic hydroxyl groups excluding tert-OH is 2. The lowest BCUT2D eigenvalue weighted by Gasteiger charge is -2.40. The Kier molecular flexibility index (Phi) is 47.8. The molecule has 0 aliphatic carbocycles. The molecule has 6 unspecified atom stereocenters. The largest absolute Gasteiger partial charge is 0.479 e. The molecule has 6 atom stereocenters. The Bertz CT molecular complexity index is 1490. The lowest BCUT2D eigenvalue weighted by molar-refractivity contribution is -0.301. The van der Waals surface area contributed by atoms with E-state index in [1.165, 1.54) is 116 Å². The summed E-state index contributed by atoms with van der Waals surface area (Å²) in [7, 11) is 0. The average Bonchev–Trinajstić information content (AvgIpc) is 3.39. The van der Waals surface area contributed by atoms with Crippen LogP contribution in [0.4, 0.5) is 0 Å². The Balaban J connectivity index is 2.65. The van der Waals surface area contributed by atoms with E-state index < -0.39 is 67.3 Å². The number of aliphatic hydroxyl groups is 2. The zero-order chi connectivity index (χ0) is 54.7. The zero-order valence-corrected chi connectivity index (χ0v) is 47.8. The number of unbranched alkanes of at least 4 members (excludes halogenated alkanes) is 30. The molecule has 1 aliphatic rings. The maximum atomic E-state index is 13.1. The number of ether oxygens (including phenoxy) is 5. The summed E-state index contributed by atoms with van der Waals surface area (Å²) in [5.74, 6) is -3.12. The zero-order valence-electron chi connectivity index (χ0n) is 47.8. The molecule has 0 radical (unpaired) electrons. The summed E-state index contributed by atoms with van der Waals surface area (Å²) in [4.78, 5) is 51.1. The maximum absolute atomic E-state index is 13.1. The second-order valence-electron chi connectivity index (χ2n) is 21.0. The minimum atomic E-state index is -1.90. The van der Waals surface area contributed by atoms with E-state index in [4.69, 9.17) is 23.7 Å². The third kappa shape index (κ3) is 41.5. The summed E-state index contributed by atoms with van der Waals surface area (Å²) in [6, 6.07) is 0. The summed E-state index contributed by atoms with van der Waals surface area (Å²) in [6.45, 7) is 5.94. The first kappa shape index (κ1) is 69.7. The highest BCUT2D eigenvalue weighted by Crippen LogP contribution is 2.26. The molecule has 0 amide bonds. The van der Waals surface area contributed by atoms with Gasteiger partial charge < -0.3 is 39.0 Å². The van der Waals surface area contributed by atoms with Crippen molar-refractivity contribution in [3.63, 3.8) is 0 Å². The molecular weight excluding hydrogens is 949 g/mol. The van der Waals surface area contributed by atoms with Crippen molar-refractivity contribution in [1.29, 1.82) is 0 Å². The Hall–Kier alpha value is -3.32. The van der Waals surface area contributed by atoms with Crippen molar-refractivity contribution in [2.75, 3.05) is 13.2 Å². The highest BCUT2D eigenvalue weighted by molar-refractivity contribution is 5.74. The molecule has 0 aromatic heterocycles. The normalized spacial score (nSPS) is 18.4. The summed E-state index contributed by atoms with van der Waals surface area (Å²) in [5, 5.41) is 31.5. The molecular formula is C63H110O12. The third-order valence-electron chi connectivity index (χ3n) is 13.9. The van der Waals surface area contributed by atoms with Crippen molar-refractivity contribution < 1.29 is 58.2 Å². The number of carboxylic acids is 1. The summed E-state index contributed by atoms with van der Waals surface area (Å²) in [5.41, 5.74) is 0. The van der Waals surface area contributed by atoms with Gasteiger partial charge in [-0.15, -0.1) is 0 Å². The number of hydrogen-bond acceptors (Lipinski definition) is 11. The maximum Gasteiger partial charge on any atom is 0.335 e. The van der Waals surface area contributed by atoms with Gasteiger partial charge in [0.05, 0.1) is 6.61 Å². The Morgan fingerprint density at radius 2 is 0.800 bits per heavy atom. The molecule has 0 bridgehead atoms. The molecule has 1 saturated heterocycles. The van der Waals surface area contributed by atoms with Crippen molar-refractivity contribution >= 4 is 23.9 Å². The molecule has 75 heavy (non-hydrogen) atoms. The van der Waals surface area contributed by atoms with Gasteiger partial charge in [-0.25, -0.2) is 4.79 Å². The van der Waals surface area contributed by atoms with Gasteiger partial charge in [0.25, 0.3) is 0 Å². The van der Waals surface area contributed by atoms with Crippen LogP contribution >= 0.6 is 0 Å². The topological polar surface area (TPSA) is 175 Å². The number of carboxylic acid groups (broad SMARTS) is 1. The fourth-order valence-electron chi connectivity index (χ4n) is 9.13. The second-order valence-corrected chi connectivity index (χ2v) is 21.0. The van der Waals surface area contributed by atoms with Crippen LogP contribution in [-0.2, 0) is 42.9 Å². The molecule has 0 saturated carbocycles. The first-order chi connectivity index (χ1) is 36.6. The lowest BCUT2D eigenvalue weighted by atomic mass is 9.98. The van der Waals surface area contributed by atoms with E-state index in [9.17, 15) is 34.5 Å². The lowest BCUT2D eigenvalue weighted by Crippen LogP contribution is -2.61. The first-order valence-electron chi connectivity index (χ1n) is 30.6. The SMILES string of the molecule is CCCCC/C=C\C/C=C\CCCCCCCCCCCC(=O)OC1C(OCC(COC(=O)CCCCCCC/C=C\C/C=C\CCCCC)OC(=O)CCCCCCCCCCCCC)OC(C(=O)O)C(O)C1O. The molecule has 434 valence electrons. The predicted octanol–water partition coefficient (Wildman–Crippen LogP) is 15.8. The van der Waals surface area contributed by atoms with E-state index in [0.717, 1.165) is 103 Å². The number of rotatable bonds is 52. The number of carbonyl (C=O) groups is 4. The van der Waals surface area contributed by atoms with Gasteiger partial charge in [0.1, 0.15) is 18.8 Å². The molecule has 0 aromatic carbocycles. The molecule has 0 aromatic rings. The van der Waals surface area contributed by atoms with Crippen LogP contribution in [0, 0.1) is 0 Å². The molecule has 1 rings (SSSR count). The van der Waals surface area contributed by atoms with Crippen molar-refractivity contribution in [2.45, 2.75) is 314 Å². The van der Waals surface area contributed by atoms with Gasteiger partial charge in [0.15, 0.2) is 24.6 Å². The minimum absolute atomic E-state index is 0.0561. The van der Waals surface area contributed by atoms with Crippen LogP contribution in [0.3, 0.4) is 0 Å². The van der Waals surface area contributed by atoms with Crippen molar-refractivity contribution in [3.05, 3.63) is 48.6 Å². The Morgan fingerprint density at radius 3 is 1.23 bits per heavy atom. The molecule has 0 spiro atoms. The fourth-order valence-corrected chi connectivity index (χ4v) is 9.13. The number of allylic oxidation sites excluding steroid dienone is 8.